The van der Waals surface area contributed by atoms with Crippen LogP contribution < -0.4 is 16.6 Å². The minimum absolute atomic E-state index is 0.0728. The van der Waals surface area contributed by atoms with Crippen LogP contribution in [0.2, 0.25) is 0 Å². The number of carbonyl (C=O) groups is 2. The van der Waals surface area contributed by atoms with Crippen LogP contribution in [0, 0.1) is 5.82 Å². The Morgan fingerprint density at radius 3 is 2.42 bits per heavy atom. The number of esters is 1. The molecule has 0 aliphatic carbocycles. The molecule has 0 radical (unpaired) electrons. The molecule has 3 aromatic rings. The highest BCUT2D eigenvalue weighted by atomic mass is 19.1. The van der Waals surface area contributed by atoms with Crippen LogP contribution in [0.1, 0.15) is 25.5 Å². The number of halogens is 1. The number of fused-ring (bicyclic) bond motifs is 1. The first-order valence-electron chi connectivity index (χ1n) is 9.46. The molecule has 2 atom stereocenters. The molecular weight excluding hydrogens is 409 g/mol. The summed E-state index contributed by atoms with van der Waals surface area (Å²) in [4.78, 5) is 53.1. The van der Waals surface area contributed by atoms with Gasteiger partial charge in [-0.3, -0.25) is 23.5 Å². The van der Waals surface area contributed by atoms with Crippen molar-refractivity contribution in [2.75, 3.05) is 0 Å². The number of aromatic nitrogens is 4. The summed E-state index contributed by atoms with van der Waals surface area (Å²) < 4.78 is 21.6. The molecule has 1 amide bonds. The van der Waals surface area contributed by atoms with E-state index < -0.39 is 35.3 Å². The van der Waals surface area contributed by atoms with Crippen LogP contribution in [-0.2, 0) is 35.0 Å². The van der Waals surface area contributed by atoms with Crippen LogP contribution in [0.4, 0.5) is 4.39 Å². The van der Waals surface area contributed by atoms with Crippen molar-refractivity contribution in [2.45, 2.75) is 32.5 Å². The summed E-state index contributed by atoms with van der Waals surface area (Å²) in [6.45, 7) is 2.77. The summed E-state index contributed by atoms with van der Waals surface area (Å²) in [6, 6.07) is 5.26. The van der Waals surface area contributed by atoms with E-state index in [0.717, 1.165) is 4.57 Å². The van der Waals surface area contributed by atoms with Crippen molar-refractivity contribution in [2.24, 2.45) is 14.1 Å². The summed E-state index contributed by atoms with van der Waals surface area (Å²) >= 11 is 0. The van der Waals surface area contributed by atoms with Gasteiger partial charge < -0.3 is 14.6 Å². The highest BCUT2D eigenvalue weighted by molar-refractivity contribution is 5.84. The molecule has 0 saturated heterocycles. The highest BCUT2D eigenvalue weighted by Crippen LogP contribution is 2.13. The van der Waals surface area contributed by atoms with Crippen LogP contribution in [0.25, 0.3) is 11.2 Å². The lowest BCUT2D eigenvalue weighted by Crippen LogP contribution is -2.38. The minimum atomic E-state index is -1.10. The zero-order valence-corrected chi connectivity index (χ0v) is 17.5. The molecule has 0 aliphatic rings. The van der Waals surface area contributed by atoms with Crippen molar-refractivity contribution >= 4 is 23.0 Å². The van der Waals surface area contributed by atoms with Gasteiger partial charge in [-0.15, -0.1) is 0 Å². The van der Waals surface area contributed by atoms with Gasteiger partial charge in [0.05, 0.1) is 12.4 Å². The summed E-state index contributed by atoms with van der Waals surface area (Å²) in [5.41, 5.74) is -0.226. The Bertz CT molecular complexity index is 1260. The highest BCUT2D eigenvalue weighted by Gasteiger charge is 2.22. The van der Waals surface area contributed by atoms with E-state index in [0.29, 0.717) is 5.56 Å². The van der Waals surface area contributed by atoms with Crippen molar-refractivity contribution in [1.29, 1.82) is 0 Å². The van der Waals surface area contributed by atoms with Gasteiger partial charge in [-0.25, -0.2) is 14.2 Å². The first kappa shape index (κ1) is 21.9. The number of benzene rings is 1. The number of imidazole rings is 1. The number of ether oxygens (including phenoxy) is 1. The molecule has 164 valence electrons. The van der Waals surface area contributed by atoms with Gasteiger partial charge in [-0.2, -0.15) is 0 Å². The lowest BCUT2D eigenvalue weighted by atomic mass is 10.1. The smallest absolute Gasteiger partial charge is 0.332 e. The second-order valence-corrected chi connectivity index (χ2v) is 7.16. The van der Waals surface area contributed by atoms with Crippen LogP contribution >= 0.6 is 0 Å². The third-order valence-corrected chi connectivity index (χ3v) is 4.92. The lowest BCUT2D eigenvalue weighted by Gasteiger charge is -2.18. The van der Waals surface area contributed by atoms with Crippen molar-refractivity contribution in [3.63, 3.8) is 0 Å². The largest absolute Gasteiger partial charge is 0.451 e. The van der Waals surface area contributed by atoms with E-state index in [1.165, 1.54) is 48.6 Å². The van der Waals surface area contributed by atoms with Gasteiger partial charge >= 0.3 is 11.7 Å². The molecule has 10 nitrogen and oxygen atoms in total. The average molecular weight is 431 g/mol. The Morgan fingerprint density at radius 1 is 1.13 bits per heavy atom. The van der Waals surface area contributed by atoms with Crippen molar-refractivity contribution in [3.8, 4) is 0 Å². The SMILES string of the molecule is CC(OC(=O)Cn1cnc2c1c(=O)n(C)c(=O)n2C)C(=O)NC(C)c1ccc(F)cc1. The third kappa shape index (κ3) is 4.39. The average Bonchev–Trinajstić information content (AvgIpc) is 3.14. The van der Waals surface area contributed by atoms with Crippen molar-refractivity contribution < 1.29 is 18.7 Å². The van der Waals surface area contributed by atoms with E-state index in [4.69, 9.17) is 4.74 Å². The maximum atomic E-state index is 13.0. The Hall–Kier alpha value is -3.76. The molecule has 0 fully saturated rings. The monoisotopic (exact) mass is 431 g/mol. The minimum Gasteiger partial charge on any atom is -0.451 e. The predicted molar refractivity (Wildman–Crippen MR) is 109 cm³/mol. The molecule has 2 unspecified atom stereocenters. The number of aryl methyl sites for hydroxylation is 1. The standard InChI is InChI=1S/C20H22FN5O5/c1-11(13-5-7-14(21)8-6-13)23-18(28)12(2)31-15(27)9-26-10-22-17-16(26)19(29)25(4)20(30)24(17)3/h5-8,10-12H,9H2,1-4H3,(H,23,28). The van der Waals surface area contributed by atoms with Gasteiger partial charge in [0.25, 0.3) is 11.5 Å². The second kappa shape index (κ2) is 8.54. The van der Waals surface area contributed by atoms with Crippen LogP contribution in [0.3, 0.4) is 0 Å². The zero-order valence-electron chi connectivity index (χ0n) is 17.5. The summed E-state index contributed by atoms with van der Waals surface area (Å²) in [5.74, 6) is -1.67. The predicted octanol–water partition coefficient (Wildman–Crippen LogP) is 0.382. The first-order chi connectivity index (χ1) is 14.6. The molecular formula is C20H22FN5O5. The zero-order chi connectivity index (χ0) is 22.9. The summed E-state index contributed by atoms with van der Waals surface area (Å²) in [5, 5.41) is 2.69. The Kier molecular flexibility index (Phi) is 6.04. The summed E-state index contributed by atoms with van der Waals surface area (Å²) in [6.07, 6.45) is 0.158. The van der Waals surface area contributed by atoms with Gasteiger partial charge in [-0.1, -0.05) is 12.1 Å². The first-order valence-corrected chi connectivity index (χ1v) is 9.46. The Labute approximate surface area is 175 Å². The van der Waals surface area contributed by atoms with Gasteiger partial charge in [0.15, 0.2) is 17.3 Å². The summed E-state index contributed by atoms with van der Waals surface area (Å²) in [7, 11) is 2.79. The van der Waals surface area contributed by atoms with Gasteiger partial charge in [0, 0.05) is 14.1 Å². The topological polar surface area (TPSA) is 117 Å². The van der Waals surface area contributed by atoms with Gasteiger partial charge in [0.1, 0.15) is 12.4 Å². The Balaban J connectivity index is 1.68. The molecule has 0 spiro atoms. The molecule has 0 aliphatic heterocycles. The fraction of sp³-hybridized carbons (Fsp3) is 0.350. The third-order valence-electron chi connectivity index (χ3n) is 4.92. The molecule has 3 rings (SSSR count). The van der Waals surface area contributed by atoms with E-state index in [9.17, 15) is 23.6 Å². The van der Waals surface area contributed by atoms with E-state index in [1.54, 1.807) is 19.1 Å². The fourth-order valence-electron chi connectivity index (χ4n) is 3.11. The molecule has 2 aromatic heterocycles. The van der Waals surface area contributed by atoms with E-state index in [2.05, 4.69) is 10.3 Å². The van der Waals surface area contributed by atoms with Gasteiger partial charge in [-0.05, 0) is 31.5 Å². The van der Waals surface area contributed by atoms with E-state index in [1.807, 2.05) is 0 Å². The number of nitrogens with one attached hydrogen (secondary N) is 1. The second-order valence-electron chi connectivity index (χ2n) is 7.16. The molecule has 1 N–H and O–H groups in total. The molecule has 31 heavy (non-hydrogen) atoms. The number of hydrogen-bond acceptors (Lipinski definition) is 6. The molecule has 11 heteroatoms. The maximum Gasteiger partial charge on any atom is 0.332 e. The van der Waals surface area contributed by atoms with Crippen molar-refractivity contribution in [1.82, 2.24) is 24.0 Å². The lowest BCUT2D eigenvalue weighted by molar-refractivity contribution is -0.155. The maximum absolute atomic E-state index is 13.0. The fourth-order valence-corrected chi connectivity index (χ4v) is 3.11. The quantitative estimate of drug-likeness (QED) is 0.564. The number of amides is 1. The van der Waals surface area contributed by atoms with E-state index in [-0.39, 0.29) is 23.5 Å². The van der Waals surface area contributed by atoms with Crippen LogP contribution in [0.15, 0.2) is 40.2 Å². The molecule has 0 bridgehead atoms. The van der Waals surface area contributed by atoms with Crippen molar-refractivity contribution in [3.05, 3.63) is 62.8 Å². The Morgan fingerprint density at radius 2 is 1.77 bits per heavy atom. The number of nitrogens with zero attached hydrogens (tertiary/aromatic N) is 4. The number of rotatable bonds is 6. The van der Waals surface area contributed by atoms with Crippen LogP contribution in [0.5, 0.6) is 0 Å². The molecule has 2 heterocycles. The molecule has 1 aromatic carbocycles. The molecule has 0 saturated carbocycles. The van der Waals surface area contributed by atoms with E-state index >= 15 is 0 Å². The number of carbonyl (C=O) groups excluding carboxylic acids is 2. The van der Waals surface area contributed by atoms with Crippen LogP contribution in [-0.4, -0.2) is 36.7 Å². The number of hydrogen-bond donors (Lipinski definition) is 1. The normalized spacial score (nSPS) is 13.1. The van der Waals surface area contributed by atoms with Gasteiger partial charge in [0.2, 0.25) is 0 Å².